The number of halogens is 1. The average molecular weight is 392 g/mol. The number of sulfonamides is 1. The fourth-order valence-electron chi connectivity index (χ4n) is 2.72. The predicted octanol–water partition coefficient (Wildman–Crippen LogP) is 0.857. The van der Waals surface area contributed by atoms with Gasteiger partial charge in [-0.1, -0.05) is 0 Å². The van der Waals surface area contributed by atoms with Crippen molar-refractivity contribution in [2.45, 2.75) is 23.8 Å². The first-order valence-corrected chi connectivity index (χ1v) is 9.51. The topological polar surface area (TPSA) is 87.7 Å². The van der Waals surface area contributed by atoms with Crippen LogP contribution in [0.1, 0.15) is 23.2 Å². The number of hydrogen-bond acceptors (Lipinski definition) is 5. The molecule has 0 aliphatic carbocycles. The largest absolute Gasteiger partial charge is 0.383 e. The van der Waals surface area contributed by atoms with Crippen molar-refractivity contribution in [3.05, 3.63) is 29.8 Å². The minimum absolute atomic E-state index is 0. The minimum atomic E-state index is -3.58. The van der Waals surface area contributed by atoms with E-state index in [4.69, 9.17) is 4.74 Å². The summed E-state index contributed by atoms with van der Waals surface area (Å²) in [5, 5.41) is 3.20. The maximum atomic E-state index is 12.5. The lowest BCUT2D eigenvalue weighted by molar-refractivity contribution is 0.0698. The van der Waals surface area contributed by atoms with Crippen molar-refractivity contribution >= 4 is 28.3 Å². The van der Waals surface area contributed by atoms with Gasteiger partial charge in [0.25, 0.3) is 5.91 Å². The predicted molar refractivity (Wildman–Crippen MR) is 98.7 cm³/mol. The number of nitrogens with zero attached hydrogens (tertiary/aromatic N) is 1. The molecule has 1 aliphatic heterocycles. The normalized spacial score (nSPS) is 17.8. The SMILES string of the molecule is CNC1CCCN(C(=O)c2ccc(S(=O)(=O)NCCOC)cc2)C1.Cl. The van der Waals surface area contributed by atoms with E-state index in [1.165, 1.54) is 19.2 Å². The third-order valence-corrected chi connectivity index (χ3v) is 5.60. The second-order valence-corrected chi connectivity index (χ2v) is 7.56. The number of benzene rings is 1. The van der Waals surface area contributed by atoms with Crippen molar-refractivity contribution in [3.8, 4) is 0 Å². The molecule has 1 aromatic carbocycles. The van der Waals surface area contributed by atoms with E-state index in [9.17, 15) is 13.2 Å². The molecule has 1 saturated heterocycles. The summed E-state index contributed by atoms with van der Waals surface area (Å²) in [5.41, 5.74) is 0.502. The van der Waals surface area contributed by atoms with E-state index >= 15 is 0 Å². The first kappa shape index (κ1) is 21.9. The van der Waals surface area contributed by atoms with E-state index < -0.39 is 10.0 Å². The van der Waals surface area contributed by atoms with Gasteiger partial charge < -0.3 is 15.0 Å². The van der Waals surface area contributed by atoms with E-state index in [0.29, 0.717) is 24.8 Å². The van der Waals surface area contributed by atoms with Crippen LogP contribution in [0, 0.1) is 0 Å². The number of nitrogens with one attached hydrogen (secondary N) is 2. The molecule has 0 radical (unpaired) electrons. The summed E-state index contributed by atoms with van der Waals surface area (Å²) < 4.78 is 31.5. The third-order valence-electron chi connectivity index (χ3n) is 4.13. The fraction of sp³-hybridized carbons (Fsp3) is 0.562. The van der Waals surface area contributed by atoms with Crippen LogP contribution in [-0.4, -0.2) is 65.7 Å². The number of amides is 1. The van der Waals surface area contributed by atoms with Crippen LogP contribution >= 0.6 is 12.4 Å². The molecule has 2 rings (SSSR count). The minimum Gasteiger partial charge on any atom is -0.383 e. The summed E-state index contributed by atoms with van der Waals surface area (Å²) in [6.07, 6.45) is 2.03. The van der Waals surface area contributed by atoms with Crippen molar-refractivity contribution in [2.24, 2.45) is 0 Å². The molecule has 9 heteroatoms. The number of ether oxygens (including phenoxy) is 1. The second kappa shape index (κ2) is 10.1. The molecule has 0 spiro atoms. The maximum absolute atomic E-state index is 12.5. The number of likely N-dealkylation sites (N-methyl/N-ethyl adjacent to an activating group) is 1. The Bertz CT molecular complexity index is 652. The van der Waals surface area contributed by atoms with Gasteiger partial charge >= 0.3 is 0 Å². The molecule has 1 fully saturated rings. The Hall–Kier alpha value is -1.19. The van der Waals surface area contributed by atoms with Crippen LogP contribution in [0.25, 0.3) is 0 Å². The van der Waals surface area contributed by atoms with Crippen LogP contribution in [-0.2, 0) is 14.8 Å². The summed E-state index contributed by atoms with van der Waals surface area (Å²) in [7, 11) is -0.172. The fourth-order valence-corrected chi connectivity index (χ4v) is 3.73. The zero-order valence-corrected chi connectivity index (χ0v) is 16.2. The molecule has 1 heterocycles. The summed E-state index contributed by atoms with van der Waals surface area (Å²) >= 11 is 0. The molecule has 1 amide bonds. The van der Waals surface area contributed by atoms with Crippen molar-refractivity contribution in [1.82, 2.24) is 14.9 Å². The molecule has 1 unspecified atom stereocenters. The van der Waals surface area contributed by atoms with Gasteiger partial charge in [0.05, 0.1) is 11.5 Å². The van der Waals surface area contributed by atoms with Crippen molar-refractivity contribution in [1.29, 1.82) is 0 Å². The number of piperidine rings is 1. The summed E-state index contributed by atoms with van der Waals surface area (Å²) in [6.45, 7) is 1.92. The highest BCUT2D eigenvalue weighted by atomic mass is 35.5. The smallest absolute Gasteiger partial charge is 0.253 e. The molecule has 0 saturated carbocycles. The number of carbonyl (C=O) groups excluding carboxylic acids is 1. The van der Waals surface area contributed by atoms with Crippen LogP contribution in [0.15, 0.2) is 29.2 Å². The summed E-state index contributed by atoms with van der Waals surface area (Å²) in [6, 6.07) is 6.36. The van der Waals surface area contributed by atoms with Crippen LogP contribution in [0.5, 0.6) is 0 Å². The Morgan fingerprint density at radius 2 is 2.00 bits per heavy atom. The first-order valence-electron chi connectivity index (χ1n) is 8.03. The monoisotopic (exact) mass is 391 g/mol. The van der Waals surface area contributed by atoms with E-state index in [1.54, 1.807) is 12.1 Å². The Kier molecular flexibility index (Phi) is 8.81. The van der Waals surface area contributed by atoms with Crippen LogP contribution in [0.3, 0.4) is 0 Å². The lowest BCUT2D eigenvalue weighted by atomic mass is 10.0. The van der Waals surface area contributed by atoms with Gasteiger partial charge in [-0.25, -0.2) is 13.1 Å². The Morgan fingerprint density at radius 3 is 2.60 bits per heavy atom. The van der Waals surface area contributed by atoms with Gasteiger partial charge in [0.1, 0.15) is 0 Å². The van der Waals surface area contributed by atoms with Crippen molar-refractivity contribution in [3.63, 3.8) is 0 Å². The molecular formula is C16H26ClN3O4S. The molecule has 1 aliphatic rings. The standard InChI is InChI=1S/C16H25N3O4S.ClH/c1-17-14-4-3-10-19(12-14)16(20)13-5-7-15(8-6-13)24(21,22)18-9-11-23-2;/h5-8,14,17-18H,3-4,9-12H2,1-2H3;1H. The molecule has 25 heavy (non-hydrogen) atoms. The van der Waals surface area contributed by atoms with Gasteiger partial charge in [0, 0.05) is 38.3 Å². The number of rotatable bonds is 7. The lowest BCUT2D eigenvalue weighted by Gasteiger charge is -2.32. The van der Waals surface area contributed by atoms with Gasteiger partial charge in [0.2, 0.25) is 10.0 Å². The van der Waals surface area contributed by atoms with Gasteiger partial charge in [-0.15, -0.1) is 12.4 Å². The Labute approximate surface area is 155 Å². The molecule has 2 N–H and O–H groups in total. The lowest BCUT2D eigenvalue weighted by Crippen LogP contribution is -2.46. The van der Waals surface area contributed by atoms with Crippen LogP contribution in [0.2, 0.25) is 0 Å². The van der Waals surface area contributed by atoms with E-state index in [2.05, 4.69) is 10.0 Å². The first-order chi connectivity index (χ1) is 11.5. The van der Waals surface area contributed by atoms with Crippen molar-refractivity contribution < 1.29 is 17.9 Å². The number of methoxy groups -OCH3 is 1. The molecule has 1 aromatic rings. The number of hydrogen-bond donors (Lipinski definition) is 2. The highest BCUT2D eigenvalue weighted by Gasteiger charge is 2.24. The summed E-state index contributed by atoms with van der Waals surface area (Å²) in [5.74, 6) is -0.0637. The Morgan fingerprint density at radius 1 is 1.32 bits per heavy atom. The summed E-state index contributed by atoms with van der Waals surface area (Å²) in [4.78, 5) is 14.5. The molecule has 0 aromatic heterocycles. The maximum Gasteiger partial charge on any atom is 0.253 e. The zero-order chi connectivity index (χ0) is 17.6. The zero-order valence-electron chi connectivity index (χ0n) is 14.5. The van der Waals surface area contributed by atoms with Crippen LogP contribution in [0.4, 0.5) is 0 Å². The van der Waals surface area contributed by atoms with E-state index in [0.717, 1.165) is 19.4 Å². The number of carbonyl (C=O) groups is 1. The van der Waals surface area contributed by atoms with E-state index in [-0.39, 0.29) is 29.8 Å². The van der Waals surface area contributed by atoms with Crippen molar-refractivity contribution in [2.75, 3.05) is 40.4 Å². The molecular weight excluding hydrogens is 366 g/mol. The average Bonchev–Trinajstić information content (AvgIpc) is 2.61. The van der Waals surface area contributed by atoms with Gasteiger partial charge in [-0.2, -0.15) is 0 Å². The third kappa shape index (κ3) is 5.93. The highest BCUT2D eigenvalue weighted by Crippen LogP contribution is 2.16. The van der Waals surface area contributed by atoms with Crippen LogP contribution < -0.4 is 10.0 Å². The second-order valence-electron chi connectivity index (χ2n) is 5.79. The van der Waals surface area contributed by atoms with E-state index in [1.807, 2.05) is 11.9 Å². The van der Waals surface area contributed by atoms with Gasteiger partial charge in [-0.3, -0.25) is 4.79 Å². The van der Waals surface area contributed by atoms with Gasteiger partial charge in [-0.05, 0) is 44.2 Å². The quantitative estimate of drug-likeness (QED) is 0.673. The highest BCUT2D eigenvalue weighted by molar-refractivity contribution is 7.89. The molecule has 1 atom stereocenters. The number of likely N-dealkylation sites (tertiary alicyclic amines) is 1. The molecule has 142 valence electrons. The molecule has 0 bridgehead atoms. The Balaban J connectivity index is 0.00000312. The molecule has 7 nitrogen and oxygen atoms in total. The van der Waals surface area contributed by atoms with Gasteiger partial charge in [0.15, 0.2) is 0 Å².